The molecule has 0 aliphatic heterocycles. The van der Waals surface area contributed by atoms with Crippen LogP contribution >= 0.6 is 11.6 Å². The fourth-order valence-corrected chi connectivity index (χ4v) is 3.20. The molecule has 0 bridgehead atoms. The maximum Gasteiger partial charge on any atom is 0.403 e. The van der Waals surface area contributed by atoms with Crippen molar-refractivity contribution in [2.24, 2.45) is 5.41 Å². The molecule has 9 heteroatoms. The van der Waals surface area contributed by atoms with E-state index in [4.69, 9.17) is 11.6 Å². The third-order valence-electron chi connectivity index (χ3n) is 4.27. The number of allylic oxidation sites excluding steroid dienone is 1. The zero-order valence-electron chi connectivity index (χ0n) is 11.6. The van der Waals surface area contributed by atoms with Crippen molar-refractivity contribution in [3.8, 4) is 0 Å². The quantitative estimate of drug-likeness (QED) is 0.809. The Kier molecular flexibility index (Phi) is 3.60. The Labute approximate surface area is 128 Å². The summed E-state index contributed by atoms with van der Waals surface area (Å²) >= 11 is 5.79. The summed E-state index contributed by atoms with van der Waals surface area (Å²) in [6.07, 6.45) is -4.52. The molecule has 2 N–H and O–H groups in total. The summed E-state index contributed by atoms with van der Waals surface area (Å²) in [4.78, 5) is 11.4. The molecule has 0 fully saturated rings. The first-order valence-electron chi connectivity index (χ1n) is 6.26. The Hall–Kier alpha value is -1.57. The number of hydrogen-bond acceptors (Lipinski definition) is 2. The first-order valence-corrected chi connectivity index (χ1v) is 6.64. The summed E-state index contributed by atoms with van der Waals surface area (Å²) in [6.45, 7) is 1.76. The third kappa shape index (κ3) is 2.04. The molecule has 22 heavy (non-hydrogen) atoms. The third-order valence-corrected chi connectivity index (χ3v) is 4.80. The van der Waals surface area contributed by atoms with Crippen molar-refractivity contribution in [1.29, 1.82) is 0 Å². The minimum Gasteiger partial charge on any atom is -0.481 e. The van der Waals surface area contributed by atoms with Gasteiger partial charge in [0.25, 0.3) is 0 Å². The molecule has 2 rings (SSSR count). The molecule has 1 aliphatic carbocycles. The van der Waals surface area contributed by atoms with Crippen molar-refractivity contribution in [2.45, 2.75) is 37.5 Å². The molecular weight excluding hydrogens is 328 g/mol. The predicted molar refractivity (Wildman–Crippen MR) is 70.1 cm³/mol. The van der Waals surface area contributed by atoms with E-state index in [0.29, 0.717) is 6.08 Å². The molecule has 3 atom stereocenters. The van der Waals surface area contributed by atoms with Crippen molar-refractivity contribution in [2.75, 3.05) is 0 Å². The van der Waals surface area contributed by atoms with Crippen LogP contribution in [0.25, 0.3) is 0 Å². The maximum atomic E-state index is 15.0. The summed E-state index contributed by atoms with van der Waals surface area (Å²) in [5.74, 6) is -1.56. The molecule has 0 amide bonds. The van der Waals surface area contributed by atoms with E-state index in [-0.39, 0.29) is 0 Å². The highest BCUT2D eigenvalue weighted by molar-refractivity contribution is 6.32. The van der Waals surface area contributed by atoms with Gasteiger partial charge in [-0.05, 0) is 32.4 Å². The number of hydrogen-bond donors (Lipinski definition) is 2. The van der Waals surface area contributed by atoms with E-state index in [1.165, 1.54) is 0 Å². The SMILES string of the molecule is CC1(C(=O)O)CC(c2cc[nH]n2)(C(F)(F)F)C(C)(F)C=C1Cl. The van der Waals surface area contributed by atoms with Crippen molar-refractivity contribution < 1.29 is 27.5 Å². The number of alkyl halides is 4. The second-order valence-electron chi connectivity index (χ2n) is 5.74. The molecule has 0 saturated carbocycles. The Bertz CT molecular complexity index is 626. The normalized spacial score (nSPS) is 36.0. The van der Waals surface area contributed by atoms with Crippen molar-refractivity contribution >= 4 is 17.6 Å². The highest BCUT2D eigenvalue weighted by Gasteiger charge is 2.72. The maximum absolute atomic E-state index is 15.0. The highest BCUT2D eigenvalue weighted by atomic mass is 35.5. The van der Waals surface area contributed by atoms with Gasteiger partial charge in [0.1, 0.15) is 16.5 Å². The van der Waals surface area contributed by atoms with Crippen LogP contribution in [0, 0.1) is 5.41 Å². The van der Waals surface area contributed by atoms with Crippen LogP contribution in [0.2, 0.25) is 0 Å². The van der Waals surface area contributed by atoms with Gasteiger partial charge in [-0.1, -0.05) is 11.6 Å². The molecule has 1 aromatic heterocycles. The van der Waals surface area contributed by atoms with Crippen LogP contribution in [0.15, 0.2) is 23.4 Å². The van der Waals surface area contributed by atoms with E-state index in [1.807, 2.05) is 0 Å². The molecule has 122 valence electrons. The van der Waals surface area contributed by atoms with Crippen LogP contribution in [0.3, 0.4) is 0 Å². The largest absolute Gasteiger partial charge is 0.481 e. The van der Waals surface area contributed by atoms with Crippen molar-refractivity contribution in [1.82, 2.24) is 10.2 Å². The lowest BCUT2D eigenvalue weighted by molar-refractivity contribution is -0.232. The lowest BCUT2D eigenvalue weighted by atomic mass is 9.58. The number of halogens is 5. The number of nitrogens with zero attached hydrogens (tertiary/aromatic N) is 1. The van der Waals surface area contributed by atoms with Crippen LogP contribution < -0.4 is 0 Å². The molecule has 0 saturated heterocycles. The van der Waals surface area contributed by atoms with Gasteiger partial charge in [0.2, 0.25) is 0 Å². The first kappa shape index (κ1) is 16.8. The molecule has 1 aliphatic rings. The van der Waals surface area contributed by atoms with E-state index < -0.39 is 45.8 Å². The summed E-state index contributed by atoms with van der Waals surface area (Å²) in [5, 5.41) is 14.5. The monoisotopic (exact) mass is 340 g/mol. The lowest BCUT2D eigenvalue weighted by Crippen LogP contribution is -2.61. The molecule has 1 aromatic rings. The number of H-pyrrole nitrogens is 1. The summed E-state index contributed by atoms with van der Waals surface area (Å²) < 4.78 is 56.5. The number of carboxylic acid groups (broad SMARTS) is 1. The predicted octanol–water partition coefficient (Wildman–Crippen LogP) is 3.56. The van der Waals surface area contributed by atoms with Gasteiger partial charge in [0.15, 0.2) is 0 Å². The number of aliphatic carboxylic acids is 1. The van der Waals surface area contributed by atoms with Gasteiger partial charge < -0.3 is 5.11 Å². The summed E-state index contributed by atoms with van der Waals surface area (Å²) in [7, 11) is 0. The minimum absolute atomic E-state index is 0.472. The topological polar surface area (TPSA) is 66.0 Å². The zero-order valence-corrected chi connectivity index (χ0v) is 12.4. The van der Waals surface area contributed by atoms with E-state index in [0.717, 1.165) is 26.1 Å². The number of rotatable bonds is 2. The number of carboxylic acids is 1. The molecule has 4 nitrogen and oxygen atoms in total. The van der Waals surface area contributed by atoms with Crippen LogP contribution in [0.5, 0.6) is 0 Å². The van der Waals surface area contributed by atoms with Gasteiger partial charge in [-0.3, -0.25) is 9.89 Å². The second kappa shape index (κ2) is 4.71. The van der Waals surface area contributed by atoms with E-state index in [1.54, 1.807) is 0 Å². The molecule has 0 aromatic carbocycles. The molecule has 3 unspecified atom stereocenters. The number of carbonyl (C=O) groups is 1. The minimum atomic E-state index is -5.07. The smallest absolute Gasteiger partial charge is 0.403 e. The standard InChI is InChI=1S/C13H13ClF4N2O2/c1-10(9(21)22)6-12(13(16,17)18,8-3-4-19-20-8)11(2,15)5-7(10)14/h3-5H,6H2,1-2H3,(H,19,20)(H,21,22). The number of nitrogens with one attached hydrogen (secondary N) is 1. The summed E-state index contributed by atoms with van der Waals surface area (Å²) in [5.41, 5.74) is -8.75. The van der Waals surface area contributed by atoms with Gasteiger partial charge in [0, 0.05) is 11.2 Å². The molecule has 1 heterocycles. The average molecular weight is 341 g/mol. The molecule has 0 spiro atoms. The fraction of sp³-hybridized carbons (Fsp3) is 0.538. The van der Waals surface area contributed by atoms with Gasteiger partial charge >= 0.3 is 12.1 Å². The van der Waals surface area contributed by atoms with Crippen molar-refractivity contribution in [3.63, 3.8) is 0 Å². The van der Waals surface area contributed by atoms with Gasteiger partial charge in [-0.15, -0.1) is 0 Å². The number of aromatic amines is 1. The van der Waals surface area contributed by atoms with Crippen LogP contribution in [0.4, 0.5) is 17.6 Å². The van der Waals surface area contributed by atoms with Gasteiger partial charge in [0.05, 0.1) is 5.69 Å². The molecular formula is C13H13ClF4N2O2. The molecule has 0 radical (unpaired) electrons. The zero-order chi connectivity index (χ0) is 17.0. The first-order chi connectivity index (χ1) is 9.88. The Morgan fingerprint density at radius 3 is 2.45 bits per heavy atom. The van der Waals surface area contributed by atoms with E-state index in [9.17, 15) is 27.5 Å². The van der Waals surface area contributed by atoms with E-state index >= 15 is 0 Å². The summed E-state index contributed by atoms with van der Waals surface area (Å²) in [6, 6.07) is 0.987. The van der Waals surface area contributed by atoms with Gasteiger partial charge in [-0.25, -0.2) is 4.39 Å². The van der Waals surface area contributed by atoms with Crippen LogP contribution in [-0.4, -0.2) is 33.1 Å². The second-order valence-corrected chi connectivity index (χ2v) is 6.15. The number of aromatic nitrogens is 2. The Balaban J connectivity index is 2.81. The van der Waals surface area contributed by atoms with E-state index in [2.05, 4.69) is 10.2 Å². The van der Waals surface area contributed by atoms with Gasteiger partial charge in [-0.2, -0.15) is 18.3 Å². The Morgan fingerprint density at radius 1 is 1.45 bits per heavy atom. The average Bonchev–Trinajstić information content (AvgIpc) is 2.85. The van der Waals surface area contributed by atoms with Crippen LogP contribution in [-0.2, 0) is 10.2 Å². The highest BCUT2D eigenvalue weighted by Crippen LogP contribution is 2.61. The van der Waals surface area contributed by atoms with Crippen LogP contribution in [0.1, 0.15) is 26.0 Å². The lowest BCUT2D eigenvalue weighted by Gasteiger charge is -2.49. The fourth-order valence-electron chi connectivity index (χ4n) is 2.85. The Morgan fingerprint density at radius 2 is 2.05 bits per heavy atom. The van der Waals surface area contributed by atoms with Crippen molar-refractivity contribution in [3.05, 3.63) is 29.1 Å².